The summed E-state index contributed by atoms with van der Waals surface area (Å²) < 4.78 is 58.8. The molecule has 21 nitrogen and oxygen atoms in total. The number of hydrogen-bond acceptors (Lipinski definition) is 19. The molecule has 5 heterocycles. The van der Waals surface area contributed by atoms with Crippen LogP contribution in [0.5, 0.6) is 0 Å². The van der Waals surface area contributed by atoms with Crippen molar-refractivity contribution in [3.8, 4) is 0 Å². The Morgan fingerprint density at radius 3 is 2.29 bits per heavy atom. The van der Waals surface area contributed by atoms with Crippen LogP contribution >= 0.6 is 0 Å². The summed E-state index contributed by atoms with van der Waals surface area (Å²) in [4.78, 5) is 70.0. The second-order valence-corrected chi connectivity index (χ2v) is 23.5. The fourth-order valence-corrected chi connectivity index (χ4v) is 12.5. The lowest BCUT2D eigenvalue weighted by Gasteiger charge is -2.49. The number of aliphatic hydroxyl groups excluding tert-OH is 1. The Labute approximate surface area is 459 Å². The summed E-state index contributed by atoms with van der Waals surface area (Å²) in [5.74, 6) is -4.50. The Kier molecular flexibility index (Phi) is 21.0. The fourth-order valence-electron chi connectivity index (χ4n) is 12.5. The zero-order valence-corrected chi connectivity index (χ0v) is 48.6. The molecular weight excluding hydrogens is 1010 g/mol. The van der Waals surface area contributed by atoms with Gasteiger partial charge in [-0.3, -0.25) is 19.3 Å². The van der Waals surface area contributed by atoms with E-state index in [1.165, 1.54) is 13.3 Å². The Morgan fingerprint density at radius 1 is 0.949 bits per heavy atom. The highest BCUT2D eigenvalue weighted by atomic mass is 16.8. The molecule has 440 valence electrons. The molecule has 4 saturated heterocycles. The van der Waals surface area contributed by atoms with Crippen molar-refractivity contribution in [3.05, 3.63) is 45.7 Å². The number of carboxylic acids is 1. The number of pyridine rings is 1. The lowest BCUT2D eigenvalue weighted by atomic mass is 9.77. The molecule has 18 atom stereocenters. The van der Waals surface area contributed by atoms with Gasteiger partial charge in [0.1, 0.15) is 23.4 Å². The summed E-state index contributed by atoms with van der Waals surface area (Å²) in [7, 11) is 7.17. The van der Waals surface area contributed by atoms with Gasteiger partial charge >= 0.3 is 24.1 Å². The lowest BCUT2D eigenvalue weighted by molar-refractivity contribution is -0.318. The predicted octanol–water partition coefficient (Wildman–Crippen LogP) is 5.28. The zero-order valence-electron chi connectivity index (χ0n) is 48.6. The molecule has 21 heteroatoms. The average molecular weight is 1100 g/mol. The number of carbonyl (C=O) groups is 4. The number of rotatable bonds is 17. The monoisotopic (exact) mass is 1100 g/mol. The molecule has 4 N–H and O–H groups in total. The third-order valence-electron chi connectivity index (χ3n) is 16.9. The van der Waals surface area contributed by atoms with Gasteiger partial charge in [0.05, 0.1) is 47.9 Å². The number of ether oxygens (including phenoxy) is 9. The molecule has 78 heavy (non-hydrogen) atoms. The van der Waals surface area contributed by atoms with E-state index in [2.05, 4.69) is 5.32 Å². The van der Waals surface area contributed by atoms with Gasteiger partial charge in [-0.15, -0.1) is 0 Å². The van der Waals surface area contributed by atoms with Crippen molar-refractivity contribution in [2.24, 2.45) is 17.8 Å². The maximum atomic E-state index is 14.8. The summed E-state index contributed by atoms with van der Waals surface area (Å²) in [5.41, 5.74) is -3.37. The van der Waals surface area contributed by atoms with Crippen molar-refractivity contribution >= 4 is 35.0 Å². The maximum absolute atomic E-state index is 14.8. The van der Waals surface area contributed by atoms with E-state index in [1.807, 2.05) is 84.6 Å². The summed E-state index contributed by atoms with van der Waals surface area (Å²) in [6.07, 6.45) is -6.32. The number of esters is 2. The van der Waals surface area contributed by atoms with Crippen LogP contribution in [0.3, 0.4) is 0 Å². The number of aryl methyl sites for hydroxylation is 2. The fraction of sp³-hybridized carbons (Fsp3) is 0.772. The quantitative estimate of drug-likeness (QED) is 0.0893. The minimum Gasteiger partial charge on any atom is -0.477 e. The first-order valence-corrected chi connectivity index (χ1v) is 27.9. The maximum Gasteiger partial charge on any atom is 0.509 e. The largest absolute Gasteiger partial charge is 0.509 e. The van der Waals surface area contributed by atoms with E-state index < -0.39 is 119 Å². The second-order valence-electron chi connectivity index (χ2n) is 23.5. The normalized spacial score (nSPS) is 37.4. The van der Waals surface area contributed by atoms with E-state index in [0.717, 1.165) is 5.56 Å². The minimum atomic E-state index is -1.63. The molecule has 0 bridgehead atoms. The van der Waals surface area contributed by atoms with E-state index in [4.69, 9.17) is 42.6 Å². The molecule has 0 aliphatic carbocycles. The van der Waals surface area contributed by atoms with Crippen molar-refractivity contribution in [2.75, 3.05) is 47.9 Å². The van der Waals surface area contributed by atoms with Gasteiger partial charge in [0.15, 0.2) is 30.4 Å². The molecule has 0 amide bonds. The number of methoxy groups -OCH3 is 1. The molecule has 4 aliphatic rings. The van der Waals surface area contributed by atoms with E-state index in [9.17, 15) is 39.3 Å². The lowest BCUT2D eigenvalue weighted by Crippen LogP contribution is -2.61. The van der Waals surface area contributed by atoms with Crippen LogP contribution in [0.2, 0.25) is 0 Å². The second kappa shape index (κ2) is 26.1. The first kappa shape index (κ1) is 62.9. The number of aliphatic hydroxyl groups is 2. The predicted molar refractivity (Wildman–Crippen MR) is 288 cm³/mol. The minimum absolute atomic E-state index is 0.0408. The van der Waals surface area contributed by atoms with E-state index in [-0.39, 0.29) is 49.3 Å². The highest BCUT2D eigenvalue weighted by molar-refractivity contribution is 5.92. The molecule has 1 aromatic heterocycles. The van der Waals surface area contributed by atoms with Crippen LogP contribution in [-0.4, -0.2) is 192 Å². The molecular formula is C57H90N4O17. The van der Waals surface area contributed by atoms with Gasteiger partial charge in [-0.25, -0.2) is 9.59 Å². The number of cyclic esters (lactones) is 1. The molecule has 0 radical (unpaired) electrons. The molecule has 0 saturated carbocycles. The molecule has 0 spiro atoms. The highest BCUT2D eigenvalue weighted by Crippen LogP contribution is 2.42. The van der Waals surface area contributed by atoms with E-state index in [0.29, 0.717) is 56.3 Å². The molecule has 4 aliphatic heterocycles. The summed E-state index contributed by atoms with van der Waals surface area (Å²) in [5, 5.41) is 37.9. The molecule has 0 unspecified atom stereocenters. The van der Waals surface area contributed by atoms with Crippen molar-refractivity contribution < 1.29 is 77.1 Å². The van der Waals surface area contributed by atoms with E-state index in [1.54, 1.807) is 45.3 Å². The molecule has 4 fully saturated rings. The van der Waals surface area contributed by atoms with Crippen LogP contribution in [0, 0.1) is 17.8 Å². The molecule has 1 aromatic carbocycles. The summed E-state index contributed by atoms with van der Waals surface area (Å²) in [6, 6.07) is 4.80. The van der Waals surface area contributed by atoms with Crippen LogP contribution in [0.15, 0.2) is 29.2 Å². The number of benzene rings is 1. The third kappa shape index (κ3) is 14.1. The standard InChI is InChI=1S/C57H90N4O17/c1-16-42-57(11)49(77-54(68)78-57)35(7)60(14)29-31(3)27-55(9,69)48(76-53-46(64)41(59(12)13)25-32(4)71-53)33(5)47(34(6)52(67)73-42)75-44-28-56(10,70-15)50(36(8)72-44)74-43(62)22-24-58-23-18-19-37-20-21-40-38(26-37)45(63)39(51(65)66)30-61(40)17-2/h20-21,26,30-36,41-42,44,46-50,53,58,64,69H,16-19,22-25,27-29H2,1-15H3,(H,65,66)/t31-,32+,33+,34+,35-,36-,41-,42-,44+,46-,47+,48+,49+,50+,53-,55+,56-,57-/m0/s1. The number of nitrogens with one attached hydrogen (secondary N) is 1. The van der Waals surface area contributed by atoms with Crippen LogP contribution in [0.1, 0.15) is 131 Å². The van der Waals surface area contributed by atoms with Crippen LogP contribution in [-0.2, 0) is 65.2 Å². The van der Waals surface area contributed by atoms with Crippen LogP contribution in [0.25, 0.3) is 10.9 Å². The zero-order chi connectivity index (χ0) is 57.8. The van der Waals surface area contributed by atoms with Gasteiger partial charge in [-0.1, -0.05) is 26.8 Å². The number of hydrogen-bond donors (Lipinski definition) is 4. The number of carboxylic acid groups (broad SMARTS) is 1. The average Bonchev–Trinajstić information content (AvgIpc) is 3.73. The topological polar surface area (TPSA) is 253 Å². The first-order chi connectivity index (χ1) is 36.6. The molecule has 2 aromatic rings. The highest BCUT2D eigenvalue weighted by Gasteiger charge is 2.58. The van der Waals surface area contributed by atoms with Crippen LogP contribution < -0.4 is 10.7 Å². The van der Waals surface area contributed by atoms with Gasteiger partial charge in [0.2, 0.25) is 5.43 Å². The van der Waals surface area contributed by atoms with Crippen LogP contribution in [0.4, 0.5) is 4.79 Å². The smallest absolute Gasteiger partial charge is 0.477 e. The first-order valence-electron chi connectivity index (χ1n) is 27.9. The Balaban J connectivity index is 1.20. The number of nitrogens with zero attached hydrogens (tertiary/aromatic N) is 3. The summed E-state index contributed by atoms with van der Waals surface area (Å²) in [6.45, 7) is 21.8. The van der Waals surface area contributed by atoms with Crippen molar-refractivity contribution in [1.29, 1.82) is 0 Å². The number of likely N-dealkylation sites (N-methyl/N-ethyl adjacent to an activating group) is 2. The SMILES string of the molecule is CC[C@@H]1OC(=O)[C@H](C)[C@H](O[C@@H]2C[C@](C)(OC)[C@H](OC(=O)CCNCCCc3ccc4c(c3)c(=O)c(C(=O)O)cn4CC)[C@H](C)O2)[C@@H](C)[C@@H](O[C@@H]2O[C@H](C)C[C@H](N(C)C)[C@@H]2O)[C@](C)(O)C[C@H](C)CN(C)[C@@H](C)[C@H]2OC(=O)O[C@@]12C. The number of aromatic carboxylic acids is 1. The van der Waals surface area contributed by atoms with Crippen molar-refractivity contribution in [2.45, 2.75) is 218 Å². The summed E-state index contributed by atoms with van der Waals surface area (Å²) >= 11 is 0. The number of carbonyl (C=O) groups excluding carboxylic acids is 3. The number of aromatic nitrogens is 1. The van der Waals surface area contributed by atoms with E-state index >= 15 is 0 Å². The third-order valence-corrected chi connectivity index (χ3v) is 16.9. The molecule has 6 rings (SSSR count). The Hall–Kier alpha value is -4.29. The van der Waals surface area contributed by atoms with Crippen molar-refractivity contribution in [3.63, 3.8) is 0 Å². The van der Waals surface area contributed by atoms with Gasteiger partial charge < -0.3 is 72.7 Å². The Bertz CT molecular complexity index is 2450. The Morgan fingerprint density at radius 2 is 1.65 bits per heavy atom. The van der Waals surface area contributed by atoms with Crippen molar-refractivity contribution in [1.82, 2.24) is 19.7 Å². The van der Waals surface area contributed by atoms with Gasteiger partial charge in [-0.05, 0) is 139 Å². The van der Waals surface area contributed by atoms with Gasteiger partial charge in [-0.2, -0.15) is 0 Å². The van der Waals surface area contributed by atoms with Gasteiger partial charge in [0.25, 0.3) is 0 Å². The van der Waals surface area contributed by atoms with Gasteiger partial charge in [0, 0.05) is 62.7 Å². The number of fused-ring (bicyclic) bond motifs is 2.